The van der Waals surface area contributed by atoms with Gasteiger partial charge >= 0.3 is 0 Å². The second-order valence-electron chi connectivity index (χ2n) is 2.51. The minimum absolute atomic E-state index is 0. The molecule has 1 nitrogen and oxygen atoms in total. The first-order chi connectivity index (χ1) is 3.77. The lowest BCUT2D eigenvalue weighted by Gasteiger charge is -2.06. The normalized spacial score (nSPS) is 9.33. The molecule has 0 fully saturated rings. The average Bonchev–Trinajstić information content (AvgIpc) is 1.66. The van der Waals surface area contributed by atoms with E-state index in [2.05, 4.69) is 25.9 Å². The van der Waals surface area contributed by atoms with Crippen LogP contribution >= 0.6 is 0 Å². The molecular weight excluding hydrogens is 117 g/mol. The lowest BCUT2D eigenvalue weighted by Crippen LogP contribution is -2.12. The van der Waals surface area contributed by atoms with Crippen LogP contribution in [0.15, 0.2) is 0 Å². The molecule has 0 aromatic rings. The molecule has 2 heteroatoms. The zero-order valence-corrected chi connectivity index (χ0v) is 6.68. The van der Waals surface area contributed by atoms with Crippen LogP contribution in [0, 0.1) is 0 Å². The van der Waals surface area contributed by atoms with Crippen LogP contribution in [0.2, 0.25) is 0 Å². The van der Waals surface area contributed by atoms with Gasteiger partial charge in [0.2, 0.25) is 0 Å². The zero-order valence-electron chi connectivity index (χ0n) is 6.68. The monoisotopic (exact) mass is 135 g/mol. The Bertz CT molecular complexity index is 46.2. The van der Waals surface area contributed by atoms with Crippen molar-refractivity contribution in [3.8, 4) is 0 Å². The Labute approximate surface area is 57.4 Å². The second-order valence-corrected chi connectivity index (χ2v) is 2.51. The van der Waals surface area contributed by atoms with Crippen LogP contribution < -0.4 is 0 Å². The summed E-state index contributed by atoms with van der Waals surface area (Å²) in [5.41, 5.74) is 0. The van der Waals surface area contributed by atoms with Crippen molar-refractivity contribution in [1.29, 1.82) is 0 Å². The number of halogens is 1. The van der Waals surface area contributed by atoms with Crippen molar-refractivity contribution < 1.29 is 4.70 Å². The summed E-state index contributed by atoms with van der Waals surface area (Å²) in [7, 11) is 4.24. The third-order valence-electron chi connectivity index (χ3n) is 1.21. The fourth-order valence-electron chi connectivity index (χ4n) is 0.678. The van der Waals surface area contributed by atoms with Crippen LogP contribution in [0.25, 0.3) is 0 Å². The highest BCUT2D eigenvalue weighted by Crippen LogP contribution is 1.93. The van der Waals surface area contributed by atoms with Gasteiger partial charge in [-0.2, -0.15) is 0 Å². The van der Waals surface area contributed by atoms with E-state index in [4.69, 9.17) is 0 Å². The van der Waals surface area contributed by atoms with Crippen molar-refractivity contribution in [1.82, 2.24) is 4.90 Å². The summed E-state index contributed by atoms with van der Waals surface area (Å²) >= 11 is 0. The van der Waals surface area contributed by atoms with Crippen LogP contribution in [0.4, 0.5) is 4.70 Å². The molecule has 0 N–H and O–H groups in total. The number of nitrogens with zero attached hydrogens (tertiary/aromatic N) is 1. The fourth-order valence-corrected chi connectivity index (χ4v) is 0.678. The molecule has 0 saturated heterocycles. The second kappa shape index (κ2) is 7.89. The molecular formula is C7H18FN. The maximum Gasteiger partial charge on any atom is -0.00248 e. The van der Waals surface area contributed by atoms with Crippen molar-refractivity contribution in [3.05, 3.63) is 0 Å². The predicted octanol–water partition coefficient (Wildman–Crippen LogP) is 1.89. The van der Waals surface area contributed by atoms with E-state index in [1.807, 2.05) is 0 Å². The van der Waals surface area contributed by atoms with E-state index in [0.717, 1.165) is 0 Å². The highest BCUT2D eigenvalue weighted by Gasteiger charge is 1.86. The zero-order chi connectivity index (χ0) is 6.41. The molecule has 0 aliphatic heterocycles. The first-order valence-electron chi connectivity index (χ1n) is 3.42. The Kier molecular flexibility index (Phi) is 10.2. The molecule has 0 aliphatic rings. The minimum Gasteiger partial charge on any atom is -0.309 e. The van der Waals surface area contributed by atoms with Crippen molar-refractivity contribution in [2.45, 2.75) is 26.2 Å². The van der Waals surface area contributed by atoms with E-state index in [0.29, 0.717) is 0 Å². The Balaban J connectivity index is 0. The summed E-state index contributed by atoms with van der Waals surface area (Å²) in [4.78, 5) is 2.23. The summed E-state index contributed by atoms with van der Waals surface area (Å²) in [6, 6.07) is 0. The maximum atomic E-state index is 2.23. The van der Waals surface area contributed by atoms with Crippen LogP contribution in [0.1, 0.15) is 26.2 Å². The van der Waals surface area contributed by atoms with E-state index in [9.17, 15) is 0 Å². The van der Waals surface area contributed by atoms with Gasteiger partial charge in [0.1, 0.15) is 0 Å². The van der Waals surface area contributed by atoms with Crippen molar-refractivity contribution in [3.63, 3.8) is 0 Å². The third-order valence-corrected chi connectivity index (χ3v) is 1.21. The summed E-state index contributed by atoms with van der Waals surface area (Å²) in [5.74, 6) is 0. The molecule has 0 heterocycles. The largest absolute Gasteiger partial charge is 0.309 e. The Morgan fingerprint density at radius 2 is 1.67 bits per heavy atom. The molecule has 0 atom stereocenters. The molecule has 0 aromatic carbocycles. The summed E-state index contributed by atoms with van der Waals surface area (Å²) in [6.45, 7) is 3.48. The number of hydrogen-bond acceptors (Lipinski definition) is 1. The van der Waals surface area contributed by atoms with Crippen LogP contribution in [-0.4, -0.2) is 25.5 Å². The molecule has 58 valence electrons. The molecule has 0 spiro atoms. The first-order valence-corrected chi connectivity index (χ1v) is 3.42. The first kappa shape index (κ1) is 11.7. The molecule has 0 rings (SSSR count). The molecule has 9 heavy (non-hydrogen) atoms. The van der Waals surface area contributed by atoms with Gasteiger partial charge in [-0.15, -0.1) is 0 Å². The number of unbranched alkanes of at least 4 members (excludes halogenated alkanes) is 2. The predicted molar refractivity (Wildman–Crippen MR) is 40.6 cm³/mol. The summed E-state index contributed by atoms with van der Waals surface area (Å²) in [5, 5.41) is 0. The highest BCUT2D eigenvalue weighted by molar-refractivity contribution is 4.42. The Morgan fingerprint density at radius 3 is 2.00 bits per heavy atom. The minimum atomic E-state index is 0. The van der Waals surface area contributed by atoms with Crippen LogP contribution in [0.3, 0.4) is 0 Å². The number of rotatable bonds is 4. The standard InChI is InChI=1S/C7H17N.FH/c1-4-5-6-7-8(2)3;/h4-7H2,1-3H3;1H. The SMILES string of the molecule is CCCCCN(C)C.F. The number of hydrogen-bond donors (Lipinski definition) is 0. The van der Waals surface area contributed by atoms with Gasteiger partial charge < -0.3 is 4.90 Å². The van der Waals surface area contributed by atoms with Gasteiger partial charge in [-0.1, -0.05) is 19.8 Å². The molecule has 0 amide bonds. The van der Waals surface area contributed by atoms with Gasteiger partial charge in [-0.3, -0.25) is 4.70 Å². The fraction of sp³-hybridized carbons (Fsp3) is 1.00. The lowest BCUT2D eigenvalue weighted by molar-refractivity contribution is 0.393. The van der Waals surface area contributed by atoms with Gasteiger partial charge in [0, 0.05) is 0 Å². The molecule has 0 aromatic heterocycles. The Hall–Kier alpha value is -0.110. The Morgan fingerprint density at radius 1 is 1.11 bits per heavy atom. The summed E-state index contributed by atoms with van der Waals surface area (Å²) in [6.07, 6.45) is 4.05. The molecule has 0 bridgehead atoms. The van der Waals surface area contributed by atoms with E-state index in [1.165, 1.54) is 25.8 Å². The van der Waals surface area contributed by atoms with Gasteiger partial charge in [-0.05, 0) is 27.1 Å². The topological polar surface area (TPSA) is 3.24 Å². The van der Waals surface area contributed by atoms with Gasteiger partial charge in [0.25, 0.3) is 0 Å². The maximum absolute atomic E-state index is 2.23. The van der Waals surface area contributed by atoms with E-state index in [1.54, 1.807) is 0 Å². The smallest absolute Gasteiger partial charge is 0.00248 e. The third kappa shape index (κ3) is 11.4. The van der Waals surface area contributed by atoms with Gasteiger partial charge in [-0.25, -0.2) is 0 Å². The quantitative estimate of drug-likeness (QED) is 0.532. The van der Waals surface area contributed by atoms with Gasteiger partial charge in [0.05, 0.1) is 0 Å². The molecule has 0 unspecified atom stereocenters. The van der Waals surface area contributed by atoms with Crippen LogP contribution in [-0.2, 0) is 0 Å². The van der Waals surface area contributed by atoms with Crippen molar-refractivity contribution >= 4 is 0 Å². The van der Waals surface area contributed by atoms with Crippen molar-refractivity contribution in [2.24, 2.45) is 0 Å². The molecule has 0 saturated carbocycles. The van der Waals surface area contributed by atoms with E-state index >= 15 is 0 Å². The molecule has 0 radical (unpaired) electrons. The van der Waals surface area contributed by atoms with Crippen LogP contribution in [0.5, 0.6) is 0 Å². The summed E-state index contributed by atoms with van der Waals surface area (Å²) < 4.78 is 0. The van der Waals surface area contributed by atoms with Gasteiger partial charge in [0.15, 0.2) is 0 Å². The highest BCUT2D eigenvalue weighted by atomic mass is 19.0. The van der Waals surface area contributed by atoms with E-state index < -0.39 is 0 Å². The lowest BCUT2D eigenvalue weighted by atomic mass is 10.2. The van der Waals surface area contributed by atoms with Crippen molar-refractivity contribution in [2.75, 3.05) is 20.6 Å². The average molecular weight is 135 g/mol. The molecule has 0 aliphatic carbocycles. The van der Waals surface area contributed by atoms with E-state index in [-0.39, 0.29) is 4.70 Å².